The number of nitrogens with one attached hydrogen (secondary N) is 1. The van der Waals surface area contributed by atoms with Gasteiger partial charge in [-0.3, -0.25) is 4.99 Å². The van der Waals surface area contributed by atoms with E-state index in [0.29, 0.717) is 6.79 Å². The van der Waals surface area contributed by atoms with Crippen molar-refractivity contribution in [1.29, 1.82) is 0 Å². The van der Waals surface area contributed by atoms with E-state index in [1.807, 2.05) is 6.07 Å². The molecule has 1 aliphatic carbocycles. The van der Waals surface area contributed by atoms with Crippen molar-refractivity contribution < 1.29 is 9.47 Å². The Morgan fingerprint density at radius 3 is 2.62 bits per heavy atom. The number of ether oxygens (including phenoxy) is 2. The highest BCUT2D eigenvalue weighted by Crippen LogP contribution is 2.50. The Kier molecular flexibility index (Phi) is 7.28. The first-order chi connectivity index (χ1) is 15.2. The number of benzene rings is 1. The number of rotatable bonds is 6. The maximum absolute atomic E-state index is 5.58. The molecule has 3 aliphatic rings. The van der Waals surface area contributed by atoms with E-state index in [9.17, 15) is 0 Å². The van der Waals surface area contributed by atoms with Gasteiger partial charge in [-0.15, -0.1) is 24.0 Å². The zero-order valence-electron chi connectivity index (χ0n) is 18.7. The predicted molar refractivity (Wildman–Crippen MR) is 138 cm³/mol. The number of aromatic nitrogens is 2. The summed E-state index contributed by atoms with van der Waals surface area (Å²) >= 11 is 1.51. The SMILES string of the molecule is CCNC(=NCC1(c2ccc3c(c2)OCO3)CC1)N1CCN(c2nc(CC)ns2)CC1.I. The smallest absolute Gasteiger partial charge is 0.231 e. The number of hydrogen-bond donors (Lipinski definition) is 1. The summed E-state index contributed by atoms with van der Waals surface area (Å²) in [6, 6.07) is 6.35. The number of halogens is 1. The summed E-state index contributed by atoms with van der Waals surface area (Å²) in [6.45, 7) is 9.96. The Hall–Kier alpha value is -1.82. The maximum atomic E-state index is 5.58. The topological polar surface area (TPSA) is 75.1 Å². The van der Waals surface area contributed by atoms with Gasteiger partial charge in [-0.25, -0.2) is 4.98 Å². The standard InChI is InChI=1S/C22H30N6O2S.HI/c1-3-19-25-21(31-26-19)28-11-9-27(10-12-28)20(23-4-2)24-14-22(7-8-22)16-5-6-17-18(13-16)30-15-29-17;/h5-6,13H,3-4,7-12,14-15H2,1-2H3,(H,23,24);1H. The van der Waals surface area contributed by atoms with E-state index in [1.165, 1.54) is 29.9 Å². The van der Waals surface area contributed by atoms with E-state index in [4.69, 9.17) is 14.5 Å². The van der Waals surface area contributed by atoms with Crippen molar-refractivity contribution in [2.45, 2.75) is 38.5 Å². The van der Waals surface area contributed by atoms with Gasteiger partial charge in [0.05, 0.1) is 6.54 Å². The van der Waals surface area contributed by atoms with Crippen molar-refractivity contribution in [3.8, 4) is 11.5 Å². The number of fused-ring (bicyclic) bond motifs is 1. The Balaban J connectivity index is 0.00000245. The maximum Gasteiger partial charge on any atom is 0.231 e. The van der Waals surface area contributed by atoms with Crippen LogP contribution in [0.4, 0.5) is 5.13 Å². The van der Waals surface area contributed by atoms with Crippen LogP contribution in [0, 0.1) is 0 Å². The summed E-state index contributed by atoms with van der Waals surface area (Å²) < 4.78 is 15.5. The highest BCUT2D eigenvalue weighted by molar-refractivity contribution is 14.0. The molecule has 32 heavy (non-hydrogen) atoms. The van der Waals surface area contributed by atoms with E-state index in [1.54, 1.807) is 0 Å². The molecule has 1 saturated heterocycles. The number of aryl methyl sites for hydroxylation is 1. The van der Waals surface area contributed by atoms with Crippen LogP contribution in [0.3, 0.4) is 0 Å². The first-order valence-electron chi connectivity index (χ1n) is 11.2. The third-order valence-electron chi connectivity index (χ3n) is 6.33. The van der Waals surface area contributed by atoms with Gasteiger partial charge in [0, 0.05) is 56.1 Å². The van der Waals surface area contributed by atoms with Crippen LogP contribution in [0.15, 0.2) is 23.2 Å². The second-order valence-electron chi connectivity index (χ2n) is 8.34. The molecule has 1 N–H and O–H groups in total. The molecule has 174 valence electrons. The summed E-state index contributed by atoms with van der Waals surface area (Å²) in [4.78, 5) is 14.4. The molecule has 10 heteroatoms. The van der Waals surface area contributed by atoms with Crippen molar-refractivity contribution in [1.82, 2.24) is 19.6 Å². The number of piperazine rings is 1. The van der Waals surface area contributed by atoms with Gasteiger partial charge in [0.15, 0.2) is 17.5 Å². The molecule has 0 bridgehead atoms. The van der Waals surface area contributed by atoms with Gasteiger partial charge in [0.2, 0.25) is 11.9 Å². The normalized spacial score (nSPS) is 19.0. The Morgan fingerprint density at radius 1 is 1.16 bits per heavy atom. The molecule has 3 heterocycles. The third kappa shape index (κ3) is 4.75. The molecule has 1 aromatic heterocycles. The molecule has 1 saturated carbocycles. The van der Waals surface area contributed by atoms with Crippen molar-refractivity contribution in [3.63, 3.8) is 0 Å². The van der Waals surface area contributed by atoms with Gasteiger partial charge in [-0.1, -0.05) is 13.0 Å². The predicted octanol–water partition coefficient (Wildman–Crippen LogP) is 3.27. The summed E-state index contributed by atoms with van der Waals surface area (Å²) in [6.07, 6.45) is 3.22. The van der Waals surface area contributed by atoms with Gasteiger partial charge in [-0.2, -0.15) is 4.37 Å². The van der Waals surface area contributed by atoms with Gasteiger partial charge in [0.1, 0.15) is 5.82 Å². The van der Waals surface area contributed by atoms with E-state index >= 15 is 0 Å². The van der Waals surface area contributed by atoms with Crippen LogP contribution < -0.4 is 19.7 Å². The first-order valence-corrected chi connectivity index (χ1v) is 12.0. The minimum absolute atomic E-state index is 0. The molecule has 0 spiro atoms. The van der Waals surface area contributed by atoms with E-state index in [2.05, 4.69) is 50.5 Å². The summed E-state index contributed by atoms with van der Waals surface area (Å²) in [5.74, 6) is 3.66. The lowest BCUT2D eigenvalue weighted by Crippen LogP contribution is -2.52. The summed E-state index contributed by atoms with van der Waals surface area (Å²) in [5.41, 5.74) is 1.44. The summed E-state index contributed by atoms with van der Waals surface area (Å²) in [7, 11) is 0. The molecule has 5 rings (SSSR count). The number of nitrogens with zero attached hydrogens (tertiary/aromatic N) is 5. The number of hydrogen-bond acceptors (Lipinski definition) is 7. The number of aliphatic imine (C=N–C) groups is 1. The van der Waals surface area contributed by atoms with Crippen molar-refractivity contribution >= 4 is 46.6 Å². The molecule has 1 aromatic carbocycles. The zero-order valence-corrected chi connectivity index (χ0v) is 21.8. The number of guanidine groups is 1. The van der Waals surface area contributed by atoms with Crippen molar-refractivity contribution in [2.24, 2.45) is 4.99 Å². The van der Waals surface area contributed by atoms with E-state index in [0.717, 1.165) is 74.1 Å². The van der Waals surface area contributed by atoms with Crippen LogP contribution in [0.5, 0.6) is 11.5 Å². The molecule has 0 atom stereocenters. The fraction of sp³-hybridized carbons (Fsp3) is 0.591. The molecule has 2 aromatic rings. The van der Waals surface area contributed by atoms with Gasteiger partial charge < -0.3 is 24.6 Å². The third-order valence-corrected chi connectivity index (χ3v) is 7.14. The highest BCUT2D eigenvalue weighted by Gasteiger charge is 2.45. The lowest BCUT2D eigenvalue weighted by molar-refractivity contribution is 0.174. The van der Waals surface area contributed by atoms with Crippen LogP contribution in [0.2, 0.25) is 0 Å². The van der Waals surface area contributed by atoms with Crippen LogP contribution in [0.25, 0.3) is 0 Å². The summed E-state index contributed by atoms with van der Waals surface area (Å²) in [5, 5.41) is 4.54. The second-order valence-corrected chi connectivity index (χ2v) is 9.07. The molecule has 8 nitrogen and oxygen atoms in total. The fourth-order valence-corrected chi connectivity index (χ4v) is 4.99. The van der Waals surface area contributed by atoms with E-state index in [-0.39, 0.29) is 29.4 Å². The molecule has 2 aliphatic heterocycles. The van der Waals surface area contributed by atoms with Gasteiger partial charge in [-0.05, 0) is 37.5 Å². The zero-order chi connectivity index (χ0) is 21.3. The quantitative estimate of drug-likeness (QED) is 0.325. The second kappa shape index (κ2) is 9.98. The fourth-order valence-electron chi connectivity index (χ4n) is 4.19. The molecule has 0 radical (unpaired) electrons. The van der Waals surface area contributed by atoms with Crippen LogP contribution >= 0.6 is 35.5 Å². The van der Waals surface area contributed by atoms with Gasteiger partial charge >= 0.3 is 0 Å². The Morgan fingerprint density at radius 2 is 1.94 bits per heavy atom. The lowest BCUT2D eigenvalue weighted by atomic mass is 9.96. The average molecular weight is 571 g/mol. The lowest BCUT2D eigenvalue weighted by Gasteiger charge is -2.36. The molecule has 0 unspecified atom stereocenters. The average Bonchev–Trinajstić information content (AvgIpc) is 3.22. The minimum Gasteiger partial charge on any atom is -0.454 e. The Bertz CT molecular complexity index is 956. The van der Waals surface area contributed by atoms with Crippen LogP contribution in [0.1, 0.15) is 38.1 Å². The molecule has 2 fully saturated rings. The minimum atomic E-state index is 0. The number of anilines is 1. The largest absolute Gasteiger partial charge is 0.454 e. The first kappa shape index (κ1) is 23.3. The van der Waals surface area contributed by atoms with Crippen LogP contribution in [-0.2, 0) is 11.8 Å². The van der Waals surface area contributed by atoms with Crippen molar-refractivity contribution in [2.75, 3.05) is 51.0 Å². The van der Waals surface area contributed by atoms with E-state index < -0.39 is 0 Å². The Labute approximate surface area is 210 Å². The van der Waals surface area contributed by atoms with Crippen LogP contribution in [-0.4, -0.2) is 66.3 Å². The highest BCUT2D eigenvalue weighted by atomic mass is 127. The van der Waals surface area contributed by atoms with Crippen molar-refractivity contribution in [3.05, 3.63) is 29.6 Å². The molecule has 0 amide bonds. The molecular formula is C22H31IN6O2S. The van der Waals surface area contributed by atoms with Gasteiger partial charge in [0.25, 0.3) is 0 Å². The monoisotopic (exact) mass is 570 g/mol. The molecular weight excluding hydrogens is 539 g/mol.